The van der Waals surface area contributed by atoms with Crippen LogP contribution in [0.2, 0.25) is 18.1 Å². The molecule has 0 radical (unpaired) electrons. The molecule has 0 spiro atoms. The minimum absolute atomic E-state index is 0.0372. The zero-order chi connectivity index (χ0) is 22.4. The summed E-state index contributed by atoms with van der Waals surface area (Å²) in [6.45, 7) is 15.1. The highest BCUT2D eigenvalue weighted by atomic mass is 28.4. The maximum Gasteiger partial charge on any atom is 0.303 e. The van der Waals surface area contributed by atoms with E-state index in [1.54, 1.807) is 6.92 Å². The molecule has 0 N–H and O–H groups in total. The molecule has 5 atom stereocenters. The number of rotatable bonds is 8. The van der Waals surface area contributed by atoms with Gasteiger partial charge in [-0.2, -0.15) is 0 Å². The van der Waals surface area contributed by atoms with Gasteiger partial charge in [-0.05, 0) is 30.6 Å². The lowest BCUT2D eigenvalue weighted by molar-refractivity contribution is -0.281. The summed E-state index contributed by atoms with van der Waals surface area (Å²) in [4.78, 5) is 26.2. The third-order valence-corrected chi connectivity index (χ3v) is 9.65. The van der Waals surface area contributed by atoms with Gasteiger partial charge in [0.1, 0.15) is 6.04 Å². The first kappa shape index (κ1) is 25.4. The van der Waals surface area contributed by atoms with E-state index in [9.17, 15) is 9.59 Å². The van der Waals surface area contributed by atoms with E-state index in [0.717, 1.165) is 0 Å². The molecule has 1 saturated heterocycles. The van der Waals surface area contributed by atoms with Crippen LogP contribution in [0.5, 0.6) is 0 Å². The highest BCUT2D eigenvalue weighted by Crippen LogP contribution is 2.37. The van der Waals surface area contributed by atoms with E-state index < -0.39 is 50.9 Å². The summed E-state index contributed by atoms with van der Waals surface area (Å²) in [5, 5.41) is 3.74. The third kappa shape index (κ3) is 6.97. The lowest BCUT2D eigenvalue weighted by Gasteiger charge is -2.45. The molecule has 10 nitrogen and oxygen atoms in total. The molecule has 0 unspecified atom stereocenters. The molecule has 11 heteroatoms. The monoisotopic (exact) mass is 431 g/mol. The van der Waals surface area contributed by atoms with Crippen LogP contribution in [-0.4, -0.2) is 64.1 Å². The van der Waals surface area contributed by atoms with Gasteiger partial charge in [-0.1, -0.05) is 25.9 Å². The number of carbonyl (C=O) groups is 2. The van der Waals surface area contributed by atoms with Crippen molar-refractivity contribution in [2.75, 3.05) is 13.2 Å². The molecule has 0 aliphatic carbocycles. The molecule has 1 aliphatic heterocycles. The Bertz CT molecular complexity index is 631. The van der Waals surface area contributed by atoms with E-state index in [-0.39, 0.29) is 18.3 Å². The fraction of sp³-hybridized carbons (Fsp3) is 0.889. The Kier molecular flexibility index (Phi) is 9.10. The fourth-order valence-corrected chi connectivity index (χ4v) is 3.69. The lowest BCUT2D eigenvalue weighted by Crippen LogP contribution is -2.61. The van der Waals surface area contributed by atoms with Crippen molar-refractivity contribution in [1.82, 2.24) is 0 Å². The minimum Gasteiger partial charge on any atom is -0.458 e. The molecular formula is C18H33N3O7Si. The van der Waals surface area contributed by atoms with E-state index in [1.165, 1.54) is 13.8 Å². The fourth-order valence-electron chi connectivity index (χ4n) is 2.68. The van der Waals surface area contributed by atoms with Gasteiger partial charge in [0, 0.05) is 25.4 Å². The van der Waals surface area contributed by atoms with Crippen LogP contribution < -0.4 is 0 Å². The number of hydrogen-bond acceptors (Lipinski definition) is 8. The predicted molar refractivity (Wildman–Crippen MR) is 107 cm³/mol. The molecule has 0 aromatic heterocycles. The van der Waals surface area contributed by atoms with Gasteiger partial charge in [0.05, 0.1) is 12.7 Å². The maximum atomic E-state index is 11.7. The standard InChI is InChI=1S/C18H33N3O7Si/c1-9-24-17-16(27-12(3)23)15(26-11(2)22)14(20-21-19)13(28-17)10-25-29(7,8)18(4,5)6/h13-17H,9-10H2,1-8H3/t13-,14-,15+,16+,17+/m1/s1. The van der Waals surface area contributed by atoms with Gasteiger partial charge in [-0.3, -0.25) is 9.59 Å². The summed E-state index contributed by atoms with van der Waals surface area (Å²) < 4.78 is 28.5. The summed E-state index contributed by atoms with van der Waals surface area (Å²) in [5.74, 6) is -1.21. The normalized spacial score (nSPS) is 27.7. The van der Waals surface area contributed by atoms with Gasteiger partial charge in [0.15, 0.2) is 26.8 Å². The zero-order valence-corrected chi connectivity index (χ0v) is 19.5. The highest BCUT2D eigenvalue weighted by molar-refractivity contribution is 6.74. The van der Waals surface area contributed by atoms with E-state index in [0.29, 0.717) is 0 Å². The first-order valence-corrected chi connectivity index (χ1v) is 12.5. The molecule has 0 bridgehead atoms. The number of nitrogens with zero attached hydrogens (tertiary/aromatic N) is 3. The van der Waals surface area contributed by atoms with Crippen LogP contribution in [0.15, 0.2) is 5.11 Å². The molecular weight excluding hydrogens is 398 g/mol. The zero-order valence-electron chi connectivity index (χ0n) is 18.5. The number of esters is 2. The molecule has 1 aliphatic rings. The Hall–Kier alpha value is -1.65. The van der Waals surface area contributed by atoms with Gasteiger partial charge in [0.25, 0.3) is 0 Å². The van der Waals surface area contributed by atoms with Crippen molar-refractivity contribution >= 4 is 20.3 Å². The Morgan fingerprint density at radius 2 is 1.69 bits per heavy atom. The van der Waals surface area contributed by atoms with Crippen LogP contribution in [0, 0.1) is 0 Å². The molecule has 0 aromatic carbocycles. The Morgan fingerprint density at radius 1 is 1.14 bits per heavy atom. The highest BCUT2D eigenvalue weighted by Gasteiger charge is 2.51. The second-order valence-corrected chi connectivity index (χ2v) is 13.2. The van der Waals surface area contributed by atoms with Gasteiger partial charge in [-0.15, -0.1) is 0 Å². The molecule has 1 heterocycles. The van der Waals surface area contributed by atoms with Gasteiger partial charge >= 0.3 is 11.9 Å². The minimum atomic E-state index is -2.13. The van der Waals surface area contributed by atoms with Crippen LogP contribution in [0.1, 0.15) is 41.5 Å². The predicted octanol–water partition coefficient (Wildman–Crippen LogP) is 3.31. The average molecular weight is 432 g/mol. The molecule has 29 heavy (non-hydrogen) atoms. The smallest absolute Gasteiger partial charge is 0.303 e. The van der Waals surface area contributed by atoms with E-state index in [4.69, 9.17) is 28.9 Å². The maximum absolute atomic E-state index is 11.7. The summed E-state index contributed by atoms with van der Waals surface area (Å²) in [7, 11) is -2.13. The van der Waals surface area contributed by atoms with Crippen LogP contribution in [0.4, 0.5) is 0 Å². The van der Waals surface area contributed by atoms with E-state index in [1.807, 2.05) is 0 Å². The molecule has 0 saturated carbocycles. The largest absolute Gasteiger partial charge is 0.458 e. The van der Waals surface area contributed by atoms with Crippen LogP contribution >= 0.6 is 0 Å². The van der Waals surface area contributed by atoms with E-state index >= 15 is 0 Å². The summed E-state index contributed by atoms with van der Waals surface area (Å²) >= 11 is 0. The number of carbonyl (C=O) groups excluding carboxylic acids is 2. The Morgan fingerprint density at radius 3 is 2.14 bits per heavy atom. The van der Waals surface area contributed by atoms with E-state index in [2.05, 4.69) is 43.9 Å². The SMILES string of the molecule is CCO[C@H]1O[C@H](CO[Si](C)(C)C(C)(C)C)[C@@H](N=[N+]=[N-])[C@H](OC(C)=O)[C@@H]1OC(C)=O. The summed E-state index contributed by atoms with van der Waals surface area (Å²) in [6.07, 6.45) is -3.87. The van der Waals surface area contributed by atoms with Crippen molar-refractivity contribution in [2.24, 2.45) is 5.11 Å². The number of ether oxygens (including phenoxy) is 4. The van der Waals surface area contributed by atoms with Crippen molar-refractivity contribution in [1.29, 1.82) is 0 Å². The molecule has 1 rings (SSSR count). The third-order valence-electron chi connectivity index (χ3n) is 5.15. The topological polar surface area (TPSA) is 129 Å². The second-order valence-electron chi connectivity index (χ2n) is 8.41. The summed E-state index contributed by atoms with van der Waals surface area (Å²) in [6, 6.07) is -0.949. The second kappa shape index (κ2) is 10.4. The van der Waals surface area contributed by atoms with Crippen LogP contribution in [-0.2, 0) is 33.0 Å². The van der Waals surface area contributed by atoms with Gasteiger partial charge in [0.2, 0.25) is 0 Å². The van der Waals surface area contributed by atoms with Gasteiger partial charge in [-0.25, -0.2) is 0 Å². The molecule has 166 valence electrons. The van der Waals surface area contributed by atoms with Crippen molar-refractivity contribution in [3.63, 3.8) is 0 Å². The first-order valence-electron chi connectivity index (χ1n) is 9.63. The number of azide groups is 1. The summed E-state index contributed by atoms with van der Waals surface area (Å²) in [5.41, 5.74) is 9.07. The van der Waals surface area contributed by atoms with Crippen molar-refractivity contribution in [2.45, 2.75) is 90.3 Å². The van der Waals surface area contributed by atoms with Gasteiger partial charge < -0.3 is 23.4 Å². The molecule has 0 aromatic rings. The molecule has 0 amide bonds. The van der Waals surface area contributed by atoms with Crippen molar-refractivity contribution < 1.29 is 33.0 Å². The Labute approximate surface area is 172 Å². The van der Waals surface area contributed by atoms with Crippen molar-refractivity contribution in [3.05, 3.63) is 10.4 Å². The quantitative estimate of drug-likeness (QED) is 0.189. The lowest BCUT2D eigenvalue weighted by atomic mass is 9.96. The Balaban J connectivity index is 3.24. The van der Waals surface area contributed by atoms with Crippen molar-refractivity contribution in [3.8, 4) is 0 Å². The average Bonchev–Trinajstić information content (AvgIpc) is 2.57. The molecule has 1 fully saturated rings. The van der Waals surface area contributed by atoms with Crippen LogP contribution in [0.25, 0.3) is 10.4 Å². The first-order chi connectivity index (χ1) is 13.3. The van der Waals surface area contributed by atoms with Crippen LogP contribution in [0.3, 0.4) is 0 Å². The number of hydrogen-bond donors (Lipinski definition) is 0.